The highest BCUT2D eigenvalue weighted by Crippen LogP contribution is 2.30. The number of para-hydroxylation sites is 2. The van der Waals surface area contributed by atoms with Crippen molar-refractivity contribution < 1.29 is 4.74 Å². The van der Waals surface area contributed by atoms with Crippen molar-refractivity contribution in [1.29, 1.82) is 0 Å². The van der Waals surface area contributed by atoms with Crippen LogP contribution in [0.4, 0.5) is 5.69 Å². The number of methoxy groups -OCH3 is 1. The molecule has 1 aliphatic heterocycles. The highest BCUT2D eigenvalue weighted by Gasteiger charge is 2.25. The molecule has 31 heavy (non-hydrogen) atoms. The van der Waals surface area contributed by atoms with Gasteiger partial charge in [-0.15, -0.1) is 24.0 Å². The van der Waals surface area contributed by atoms with Crippen LogP contribution in [0.2, 0.25) is 0 Å². The number of benzene rings is 2. The lowest BCUT2D eigenvalue weighted by Gasteiger charge is -2.22. The Kier molecular flexibility index (Phi) is 10.4. The normalized spacial score (nSPS) is 16.2. The quantitative estimate of drug-likeness (QED) is 0.306. The van der Waals surface area contributed by atoms with Crippen molar-refractivity contribution in [1.82, 2.24) is 15.5 Å². The van der Waals surface area contributed by atoms with Gasteiger partial charge in [-0.05, 0) is 43.3 Å². The molecule has 3 rings (SSSR count). The summed E-state index contributed by atoms with van der Waals surface area (Å²) >= 11 is 0. The first-order valence-corrected chi connectivity index (χ1v) is 10.7. The predicted octanol–water partition coefficient (Wildman–Crippen LogP) is 3.71. The first-order valence-electron chi connectivity index (χ1n) is 10.7. The number of guanidine groups is 1. The molecule has 0 bridgehead atoms. The molecule has 2 aromatic carbocycles. The van der Waals surface area contributed by atoms with E-state index in [1.54, 1.807) is 7.11 Å². The van der Waals surface area contributed by atoms with Crippen LogP contribution in [-0.2, 0) is 13.1 Å². The fraction of sp³-hybridized carbons (Fsp3) is 0.458. The first kappa shape index (κ1) is 25.3. The number of anilines is 1. The fourth-order valence-corrected chi connectivity index (χ4v) is 3.82. The summed E-state index contributed by atoms with van der Waals surface area (Å²) in [6, 6.07) is 17.3. The van der Waals surface area contributed by atoms with Gasteiger partial charge in [0.05, 0.1) is 12.8 Å². The Labute approximate surface area is 204 Å². The van der Waals surface area contributed by atoms with Gasteiger partial charge < -0.3 is 25.2 Å². The Morgan fingerprint density at radius 1 is 1.19 bits per heavy atom. The molecule has 0 aromatic heterocycles. The van der Waals surface area contributed by atoms with Gasteiger partial charge in [0.25, 0.3) is 0 Å². The molecule has 170 valence electrons. The van der Waals surface area contributed by atoms with Crippen LogP contribution in [0, 0.1) is 0 Å². The van der Waals surface area contributed by atoms with Gasteiger partial charge in [-0.3, -0.25) is 4.99 Å². The molecule has 0 spiro atoms. The molecule has 2 N–H and O–H groups in total. The number of rotatable bonds is 8. The summed E-state index contributed by atoms with van der Waals surface area (Å²) < 4.78 is 5.52. The van der Waals surface area contributed by atoms with Gasteiger partial charge in [-0.2, -0.15) is 0 Å². The van der Waals surface area contributed by atoms with Gasteiger partial charge in [-0.1, -0.05) is 43.3 Å². The number of nitrogens with one attached hydrogen (secondary N) is 2. The molecule has 1 fully saturated rings. The highest BCUT2D eigenvalue weighted by molar-refractivity contribution is 14.0. The molecule has 0 amide bonds. The van der Waals surface area contributed by atoms with E-state index in [0.29, 0.717) is 6.04 Å². The minimum absolute atomic E-state index is 0. The molecule has 1 heterocycles. The Hall–Kier alpha value is -2.00. The zero-order valence-electron chi connectivity index (χ0n) is 19.1. The van der Waals surface area contributed by atoms with Crippen molar-refractivity contribution in [2.24, 2.45) is 4.99 Å². The third-order valence-electron chi connectivity index (χ3n) is 5.62. The van der Waals surface area contributed by atoms with Crippen LogP contribution in [0.1, 0.15) is 24.5 Å². The van der Waals surface area contributed by atoms with Crippen molar-refractivity contribution in [2.45, 2.75) is 32.5 Å². The van der Waals surface area contributed by atoms with E-state index in [2.05, 4.69) is 75.8 Å². The van der Waals surface area contributed by atoms with Crippen LogP contribution in [-0.4, -0.2) is 57.7 Å². The minimum atomic E-state index is 0. The van der Waals surface area contributed by atoms with Crippen molar-refractivity contribution in [3.8, 4) is 5.75 Å². The van der Waals surface area contributed by atoms with Gasteiger partial charge in [0, 0.05) is 39.3 Å². The van der Waals surface area contributed by atoms with Gasteiger partial charge in [0.1, 0.15) is 5.75 Å². The lowest BCUT2D eigenvalue weighted by atomic mass is 10.1. The molecule has 7 heteroatoms. The second-order valence-corrected chi connectivity index (χ2v) is 7.82. The molecule has 2 aromatic rings. The van der Waals surface area contributed by atoms with E-state index in [-0.39, 0.29) is 24.0 Å². The maximum Gasteiger partial charge on any atom is 0.191 e. The summed E-state index contributed by atoms with van der Waals surface area (Å²) in [7, 11) is 5.70. The van der Waals surface area contributed by atoms with E-state index in [4.69, 9.17) is 4.74 Å². The zero-order chi connectivity index (χ0) is 21.3. The van der Waals surface area contributed by atoms with Crippen molar-refractivity contribution in [3.05, 3.63) is 59.7 Å². The summed E-state index contributed by atoms with van der Waals surface area (Å²) in [6.07, 6.45) is 1.07. The second-order valence-electron chi connectivity index (χ2n) is 7.82. The third-order valence-corrected chi connectivity index (χ3v) is 5.62. The summed E-state index contributed by atoms with van der Waals surface area (Å²) in [6.45, 7) is 6.89. The van der Waals surface area contributed by atoms with E-state index in [9.17, 15) is 0 Å². The number of halogens is 1. The molecule has 1 unspecified atom stereocenters. The summed E-state index contributed by atoms with van der Waals surface area (Å²) in [4.78, 5) is 9.10. The lowest BCUT2D eigenvalue weighted by Crippen LogP contribution is -2.44. The van der Waals surface area contributed by atoms with Crippen molar-refractivity contribution in [3.63, 3.8) is 0 Å². The lowest BCUT2D eigenvalue weighted by molar-refractivity contribution is 0.345. The number of hydrogen-bond acceptors (Lipinski definition) is 4. The van der Waals surface area contributed by atoms with Crippen LogP contribution in [0.15, 0.2) is 53.5 Å². The molecule has 6 nitrogen and oxygen atoms in total. The van der Waals surface area contributed by atoms with Crippen LogP contribution >= 0.6 is 24.0 Å². The third kappa shape index (κ3) is 7.28. The average molecular weight is 537 g/mol. The smallest absolute Gasteiger partial charge is 0.191 e. The Bertz CT molecular complexity index is 844. The van der Waals surface area contributed by atoms with E-state index in [0.717, 1.165) is 56.5 Å². The van der Waals surface area contributed by atoms with Gasteiger partial charge in [0.2, 0.25) is 0 Å². The maximum absolute atomic E-state index is 5.52. The Morgan fingerprint density at radius 2 is 1.97 bits per heavy atom. The van der Waals surface area contributed by atoms with E-state index in [1.807, 2.05) is 19.2 Å². The summed E-state index contributed by atoms with van der Waals surface area (Å²) in [5.41, 5.74) is 3.76. The molecular formula is C24H36IN5O. The first-order chi connectivity index (χ1) is 14.6. The number of ether oxygens (including phenoxy) is 1. The predicted molar refractivity (Wildman–Crippen MR) is 141 cm³/mol. The number of nitrogens with zero attached hydrogens (tertiary/aromatic N) is 3. The Morgan fingerprint density at radius 3 is 2.71 bits per heavy atom. The van der Waals surface area contributed by atoms with Gasteiger partial charge >= 0.3 is 0 Å². The van der Waals surface area contributed by atoms with Gasteiger partial charge in [-0.25, -0.2) is 0 Å². The van der Waals surface area contributed by atoms with E-state index < -0.39 is 0 Å². The summed E-state index contributed by atoms with van der Waals surface area (Å²) in [5.74, 6) is 1.77. The van der Waals surface area contributed by atoms with Crippen molar-refractivity contribution in [2.75, 3.05) is 45.7 Å². The van der Waals surface area contributed by atoms with E-state index in [1.165, 1.54) is 11.1 Å². The van der Waals surface area contributed by atoms with Crippen LogP contribution < -0.4 is 20.3 Å². The van der Waals surface area contributed by atoms with Crippen LogP contribution in [0.25, 0.3) is 0 Å². The minimum Gasteiger partial charge on any atom is -0.495 e. The summed E-state index contributed by atoms with van der Waals surface area (Å²) in [5, 5.41) is 7.04. The fourth-order valence-electron chi connectivity index (χ4n) is 3.82. The van der Waals surface area contributed by atoms with Crippen LogP contribution in [0.3, 0.4) is 0 Å². The van der Waals surface area contributed by atoms with Crippen LogP contribution in [0.5, 0.6) is 5.75 Å². The molecule has 1 saturated heterocycles. The number of aliphatic imine (C=N–C) groups is 1. The highest BCUT2D eigenvalue weighted by atomic mass is 127. The zero-order valence-corrected chi connectivity index (χ0v) is 21.4. The van der Waals surface area contributed by atoms with Crippen molar-refractivity contribution >= 4 is 35.6 Å². The second kappa shape index (κ2) is 12.8. The molecule has 0 radical (unpaired) electrons. The topological polar surface area (TPSA) is 52.1 Å². The average Bonchev–Trinajstić information content (AvgIpc) is 3.25. The SMILES string of the molecule is CCN(C)Cc1cccc(CNC(=NC)NC2CCN(c3ccccc3OC)C2)c1.I. The molecular weight excluding hydrogens is 501 g/mol. The standard InChI is InChI=1S/C24H35N5O.HI/c1-5-28(3)17-20-10-8-9-19(15-20)16-26-24(25-2)27-21-13-14-29(18-21)22-11-6-7-12-23(22)30-4;/h6-12,15,21H,5,13-14,16-18H2,1-4H3,(H2,25,26,27);1H. The van der Waals surface area contributed by atoms with E-state index >= 15 is 0 Å². The Balaban J connectivity index is 0.00000341. The van der Waals surface area contributed by atoms with Gasteiger partial charge in [0.15, 0.2) is 5.96 Å². The molecule has 1 aliphatic rings. The largest absolute Gasteiger partial charge is 0.495 e. The number of hydrogen-bond donors (Lipinski definition) is 2. The molecule has 1 atom stereocenters. The molecule has 0 aliphatic carbocycles. The maximum atomic E-state index is 5.52. The molecule has 0 saturated carbocycles. The monoisotopic (exact) mass is 537 g/mol.